The Labute approximate surface area is 94.5 Å². The van der Waals surface area contributed by atoms with Crippen LogP contribution in [0, 0.1) is 5.41 Å². The van der Waals surface area contributed by atoms with Crippen LogP contribution >= 0.6 is 22.6 Å². The number of nitrogens with zero attached hydrogens (tertiary/aromatic N) is 1. The lowest BCUT2D eigenvalue weighted by Gasteiger charge is -1.86. The summed E-state index contributed by atoms with van der Waals surface area (Å²) in [6, 6.07) is 3.74. The van der Waals surface area contributed by atoms with Gasteiger partial charge in [-0.25, -0.2) is 4.98 Å². The van der Waals surface area contributed by atoms with Gasteiger partial charge in [0.05, 0.1) is 0 Å². The Morgan fingerprint density at radius 3 is 3.07 bits per heavy atom. The van der Waals surface area contributed by atoms with Gasteiger partial charge >= 0.3 is 0 Å². The first-order valence-electron chi connectivity index (χ1n) is 4.01. The normalized spacial score (nSPS) is 11.2. The zero-order chi connectivity index (χ0) is 9.97. The zero-order valence-corrected chi connectivity index (χ0v) is 9.36. The number of halogens is 1. The molecule has 0 aliphatic carbocycles. The maximum absolute atomic E-state index is 7.31. The maximum atomic E-state index is 7.31. The van der Waals surface area contributed by atoms with Gasteiger partial charge in [-0.15, -0.1) is 0 Å². The molecule has 14 heavy (non-hydrogen) atoms. The van der Waals surface area contributed by atoms with E-state index < -0.39 is 0 Å². The van der Waals surface area contributed by atoms with E-state index in [-0.39, 0.29) is 0 Å². The number of aromatic nitrogens is 1. The van der Waals surface area contributed by atoms with Gasteiger partial charge in [0.1, 0.15) is 5.76 Å². The molecular formula is C10H7IN2O. The third kappa shape index (κ3) is 1.45. The number of fused-ring (bicyclic) bond motifs is 1. The van der Waals surface area contributed by atoms with E-state index in [1.165, 1.54) is 6.21 Å². The van der Waals surface area contributed by atoms with Crippen LogP contribution in [-0.2, 0) is 0 Å². The predicted molar refractivity (Wildman–Crippen MR) is 64.9 cm³/mol. The first-order chi connectivity index (χ1) is 6.86. The van der Waals surface area contributed by atoms with Crippen molar-refractivity contribution in [3.63, 3.8) is 0 Å². The van der Waals surface area contributed by atoms with Crippen LogP contribution in [0.4, 0.5) is 0 Å². The van der Waals surface area contributed by atoms with Gasteiger partial charge in [-0.3, -0.25) is 0 Å². The van der Waals surface area contributed by atoms with Crippen molar-refractivity contribution in [2.75, 3.05) is 0 Å². The standard InChI is InChI=1S/C10H7IN2O/c11-4-3-9-8(6-12)7-2-1-5-13-10(7)14-9/h1-6,12H/b4-3-,12-6?. The van der Waals surface area contributed by atoms with Crippen molar-refractivity contribution in [1.82, 2.24) is 4.98 Å². The fraction of sp³-hybridized carbons (Fsp3) is 0. The monoisotopic (exact) mass is 298 g/mol. The molecule has 0 aromatic carbocycles. The average molecular weight is 298 g/mol. The minimum Gasteiger partial charge on any atom is -0.438 e. The second kappa shape index (κ2) is 3.91. The highest BCUT2D eigenvalue weighted by Crippen LogP contribution is 2.23. The summed E-state index contributed by atoms with van der Waals surface area (Å²) in [5.41, 5.74) is 1.36. The fourth-order valence-electron chi connectivity index (χ4n) is 1.30. The summed E-state index contributed by atoms with van der Waals surface area (Å²) >= 11 is 2.11. The van der Waals surface area contributed by atoms with Crippen LogP contribution in [0.3, 0.4) is 0 Å². The van der Waals surface area contributed by atoms with Crippen molar-refractivity contribution in [3.05, 3.63) is 33.7 Å². The van der Waals surface area contributed by atoms with Crippen LogP contribution in [-0.4, -0.2) is 11.2 Å². The lowest BCUT2D eigenvalue weighted by Crippen LogP contribution is -1.79. The average Bonchev–Trinajstić information content (AvgIpc) is 2.55. The van der Waals surface area contributed by atoms with E-state index in [9.17, 15) is 0 Å². The van der Waals surface area contributed by atoms with Gasteiger partial charge in [0.15, 0.2) is 0 Å². The van der Waals surface area contributed by atoms with E-state index in [1.807, 2.05) is 22.3 Å². The molecule has 0 radical (unpaired) electrons. The Kier molecular flexibility index (Phi) is 2.62. The van der Waals surface area contributed by atoms with Gasteiger partial charge in [-0.1, -0.05) is 22.6 Å². The maximum Gasteiger partial charge on any atom is 0.227 e. The van der Waals surface area contributed by atoms with Crippen LogP contribution in [0.2, 0.25) is 0 Å². The second-order valence-electron chi connectivity index (χ2n) is 2.67. The van der Waals surface area contributed by atoms with Gasteiger partial charge in [-0.2, -0.15) is 0 Å². The molecule has 0 fully saturated rings. The Bertz CT molecular complexity index is 502. The molecule has 1 N–H and O–H groups in total. The summed E-state index contributed by atoms with van der Waals surface area (Å²) in [6.07, 6.45) is 4.79. The molecule has 2 heterocycles. The number of pyridine rings is 1. The first-order valence-corrected chi connectivity index (χ1v) is 5.26. The summed E-state index contributed by atoms with van der Waals surface area (Å²) in [7, 11) is 0. The molecule has 2 aromatic heterocycles. The number of nitrogens with one attached hydrogen (secondary N) is 1. The van der Waals surface area contributed by atoms with Crippen molar-refractivity contribution in [2.24, 2.45) is 0 Å². The molecule has 0 saturated carbocycles. The smallest absolute Gasteiger partial charge is 0.227 e. The van der Waals surface area contributed by atoms with Crippen LogP contribution < -0.4 is 0 Å². The van der Waals surface area contributed by atoms with E-state index in [0.29, 0.717) is 11.5 Å². The number of rotatable bonds is 2. The third-order valence-corrected chi connectivity index (χ3v) is 2.25. The SMILES string of the molecule is N=Cc1c(/C=C\I)oc2ncccc12. The van der Waals surface area contributed by atoms with E-state index >= 15 is 0 Å². The van der Waals surface area contributed by atoms with Gasteiger partial charge in [0.25, 0.3) is 0 Å². The molecule has 0 amide bonds. The molecule has 0 spiro atoms. The highest BCUT2D eigenvalue weighted by molar-refractivity contribution is 14.1. The van der Waals surface area contributed by atoms with Crippen molar-refractivity contribution in [1.29, 1.82) is 5.41 Å². The Balaban J connectivity index is 2.78. The summed E-state index contributed by atoms with van der Waals surface area (Å²) < 4.78 is 7.33. The lowest BCUT2D eigenvalue weighted by atomic mass is 10.2. The molecule has 0 aliphatic rings. The Morgan fingerprint density at radius 1 is 1.50 bits per heavy atom. The zero-order valence-electron chi connectivity index (χ0n) is 7.20. The van der Waals surface area contributed by atoms with Crippen LogP contribution in [0.25, 0.3) is 17.2 Å². The molecule has 4 heteroatoms. The molecular weight excluding hydrogens is 291 g/mol. The van der Waals surface area contributed by atoms with Crippen molar-refractivity contribution >= 4 is 46.0 Å². The van der Waals surface area contributed by atoms with Crippen LogP contribution in [0.5, 0.6) is 0 Å². The summed E-state index contributed by atoms with van der Waals surface area (Å²) in [5, 5.41) is 8.19. The van der Waals surface area contributed by atoms with Gasteiger partial charge < -0.3 is 9.83 Å². The van der Waals surface area contributed by atoms with E-state index in [0.717, 1.165) is 10.9 Å². The second-order valence-corrected chi connectivity index (χ2v) is 3.39. The summed E-state index contributed by atoms with van der Waals surface area (Å²) in [4.78, 5) is 4.09. The molecule has 2 rings (SSSR count). The molecule has 0 bridgehead atoms. The number of furan rings is 1. The highest BCUT2D eigenvalue weighted by Gasteiger charge is 2.09. The molecule has 0 unspecified atom stereocenters. The Morgan fingerprint density at radius 2 is 2.36 bits per heavy atom. The minimum atomic E-state index is 0.579. The van der Waals surface area contributed by atoms with Crippen molar-refractivity contribution < 1.29 is 4.42 Å². The van der Waals surface area contributed by atoms with E-state index in [1.54, 1.807) is 6.20 Å². The first kappa shape index (κ1) is 9.39. The molecule has 70 valence electrons. The summed E-state index contributed by atoms with van der Waals surface area (Å²) in [5.74, 6) is 0.683. The van der Waals surface area contributed by atoms with Crippen molar-refractivity contribution in [2.45, 2.75) is 0 Å². The quantitative estimate of drug-likeness (QED) is 0.683. The molecule has 0 saturated heterocycles. The number of hydrogen-bond acceptors (Lipinski definition) is 3. The predicted octanol–water partition coefficient (Wildman–Crippen LogP) is 3.23. The Hall–Kier alpha value is -1.17. The minimum absolute atomic E-state index is 0.579. The molecule has 2 aromatic rings. The molecule has 0 atom stereocenters. The summed E-state index contributed by atoms with van der Waals surface area (Å²) in [6.45, 7) is 0. The molecule has 0 aliphatic heterocycles. The van der Waals surface area contributed by atoms with Gasteiger partial charge in [0, 0.05) is 23.4 Å². The topological polar surface area (TPSA) is 49.9 Å². The molecule has 3 nitrogen and oxygen atoms in total. The van der Waals surface area contributed by atoms with Crippen molar-refractivity contribution in [3.8, 4) is 0 Å². The number of hydrogen-bond donors (Lipinski definition) is 1. The van der Waals surface area contributed by atoms with Crippen LogP contribution in [0.15, 0.2) is 26.8 Å². The third-order valence-electron chi connectivity index (χ3n) is 1.89. The van der Waals surface area contributed by atoms with E-state index in [2.05, 4.69) is 27.6 Å². The lowest BCUT2D eigenvalue weighted by molar-refractivity contribution is 0.592. The van der Waals surface area contributed by atoms with Gasteiger partial charge in [-0.05, 0) is 22.3 Å². The van der Waals surface area contributed by atoms with Gasteiger partial charge in [0.2, 0.25) is 5.71 Å². The highest BCUT2D eigenvalue weighted by atomic mass is 127. The van der Waals surface area contributed by atoms with E-state index in [4.69, 9.17) is 9.83 Å². The largest absolute Gasteiger partial charge is 0.438 e. The van der Waals surface area contributed by atoms with Crippen LogP contribution in [0.1, 0.15) is 11.3 Å². The fourth-order valence-corrected chi connectivity index (χ4v) is 1.63.